The Morgan fingerprint density at radius 2 is 1.82 bits per heavy atom. The highest BCUT2D eigenvalue weighted by molar-refractivity contribution is 5.73. The second-order valence-electron chi connectivity index (χ2n) is 7.38. The maximum Gasteiger partial charge on any atom is 0.232 e. The average Bonchev–Trinajstić information content (AvgIpc) is 3.06. The van der Waals surface area contributed by atoms with Gasteiger partial charge in [0.2, 0.25) is 11.8 Å². The van der Waals surface area contributed by atoms with Crippen LogP contribution in [0.15, 0.2) is 33.5 Å². The van der Waals surface area contributed by atoms with E-state index in [0.29, 0.717) is 5.89 Å². The first kappa shape index (κ1) is 14.8. The Morgan fingerprint density at radius 3 is 2.45 bits per heavy atom. The van der Waals surface area contributed by atoms with Crippen LogP contribution in [-0.2, 0) is 17.3 Å². The lowest BCUT2D eigenvalue weighted by molar-refractivity contribution is 0.305. The van der Waals surface area contributed by atoms with Crippen molar-refractivity contribution >= 4 is 11.1 Å². The molecule has 0 aliphatic rings. The minimum absolute atomic E-state index is 0.0950. The van der Waals surface area contributed by atoms with Gasteiger partial charge in [0, 0.05) is 10.8 Å². The highest BCUT2D eigenvalue weighted by atomic mass is 16.5. The first-order valence-electron chi connectivity index (χ1n) is 7.43. The summed E-state index contributed by atoms with van der Waals surface area (Å²) in [4.78, 5) is 8.79. The van der Waals surface area contributed by atoms with Crippen molar-refractivity contribution in [2.45, 2.75) is 51.9 Å². The van der Waals surface area contributed by atoms with Crippen LogP contribution in [-0.4, -0.2) is 15.1 Å². The number of oxazole rings is 1. The van der Waals surface area contributed by atoms with Gasteiger partial charge in [-0.2, -0.15) is 4.98 Å². The minimum atomic E-state index is -0.221. The Hall–Kier alpha value is -2.17. The normalized spacial score (nSPS) is 13.0. The van der Waals surface area contributed by atoms with Gasteiger partial charge in [0.15, 0.2) is 11.9 Å². The molecule has 1 aromatic carbocycles. The lowest BCUT2D eigenvalue weighted by Crippen LogP contribution is -2.20. The molecule has 0 saturated heterocycles. The molecule has 5 heteroatoms. The van der Waals surface area contributed by atoms with E-state index in [1.165, 1.54) is 11.9 Å². The van der Waals surface area contributed by atoms with E-state index in [4.69, 9.17) is 8.94 Å². The summed E-state index contributed by atoms with van der Waals surface area (Å²) in [6.45, 7) is 10.5. The quantitative estimate of drug-likeness (QED) is 0.730. The standard InChI is InChI=1S/C17H21N3O2/c1-16(2,3)14-20-12-8-11(6-7-13(12)21-14)9-17(4,5)15-18-10-19-22-15/h6-8,10H,9H2,1-5H3. The Morgan fingerprint density at radius 1 is 1.05 bits per heavy atom. The lowest BCUT2D eigenvalue weighted by Gasteiger charge is -2.19. The maximum atomic E-state index is 5.84. The summed E-state index contributed by atoms with van der Waals surface area (Å²) in [7, 11) is 0. The van der Waals surface area contributed by atoms with Crippen molar-refractivity contribution in [1.82, 2.24) is 15.1 Å². The van der Waals surface area contributed by atoms with Crippen LogP contribution in [0.25, 0.3) is 11.1 Å². The van der Waals surface area contributed by atoms with Crippen LogP contribution < -0.4 is 0 Å². The van der Waals surface area contributed by atoms with Gasteiger partial charge >= 0.3 is 0 Å². The smallest absolute Gasteiger partial charge is 0.232 e. The van der Waals surface area contributed by atoms with Crippen LogP contribution in [0.1, 0.15) is 52.0 Å². The van der Waals surface area contributed by atoms with E-state index in [9.17, 15) is 0 Å². The molecule has 22 heavy (non-hydrogen) atoms. The molecule has 2 heterocycles. The molecule has 0 radical (unpaired) electrons. The predicted octanol–water partition coefficient (Wildman–Crippen LogP) is 4.03. The van der Waals surface area contributed by atoms with Crippen molar-refractivity contribution < 1.29 is 8.94 Å². The van der Waals surface area contributed by atoms with Crippen molar-refractivity contribution in [1.29, 1.82) is 0 Å². The summed E-state index contributed by atoms with van der Waals surface area (Å²) in [6.07, 6.45) is 2.23. The van der Waals surface area contributed by atoms with Gasteiger partial charge in [0.25, 0.3) is 0 Å². The van der Waals surface area contributed by atoms with Gasteiger partial charge in [-0.15, -0.1) is 0 Å². The van der Waals surface area contributed by atoms with Crippen LogP contribution in [0.4, 0.5) is 0 Å². The molecule has 0 unspecified atom stereocenters. The van der Waals surface area contributed by atoms with Crippen LogP contribution in [0, 0.1) is 0 Å². The third kappa shape index (κ3) is 2.75. The second-order valence-corrected chi connectivity index (χ2v) is 7.38. The molecule has 0 bridgehead atoms. The van der Waals surface area contributed by atoms with Gasteiger partial charge < -0.3 is 8.94 Å². The largest absolute Gasteiger partial charge is 0.440 e. The zero-order chi connectivity index (χ0) is 16.0. The number of fused-ring (bicyclic) bond motifs is 1. The number of hydrogen-bond acceptors (Lipinski definition) is 5. The summed E-state index contributed by atoms with van der Waals surface area (Å²) in [6, 6.07) is 6.13. The predicted molar refractivity (Wildman–Crippen MR) is 83.7 cm³/mol. The monoisotopic (exact) mass is 299 g/mol. The topological polar surface area (TPSA) is 65.0 Å². The average molecular weight is 299 g/mol. The first-order valence-corrected chi connectivity index (χ1v) is 7.43. The number of nitrogens with zero attached hydrogens (tertiary/aromatic N) is 3. The van der Waals surface area contributed by atoms with Crippen LogP contribution >= 0.6 is 0 Å². The second kappa shape index (κ2) is 4.93. The van der Waals surface area contributed by atoms with Crippen LogP contribution in [0.3, 0.4) is 0 Å². The summed E-state index contributed by atoms with van der Waals surface area (Å²) in [5.41, 5.74) is 2.57. The Kier molecular flexibility index (Phi) is 3.31. The van der Waals surface area contributed by atoms with Crippen molar-refractivity contribution in [3.8, 4) is 0 Å². The zero-order valence-electron chi connectivity index (χ0n) is 13.7. The van der Waals surface area contributed by atoms with Gasteiger partial charge in [-0.25, -0.2) is 4.98 Å². The Balaban J connectivity index is 1.92. The molecule has 0 amide bonds. The van der Waals surface area contributed by atoms with Gasteiger partial charge in [-0.1, -0.05) is 45.8 Å². The van der Waals surface area contributed by atoms with Crippen molar-refractivity contribution in [2.75, 3.05) is 0 Å². The molecule has 0 aliphatic carbocycles. The van der Waals surface area contributed by atoms with Gasteiger partial charge in [-0.3, -0.25) is 0 Å². The molecule has 3 rings (SSSR count). The Bertz CT molecular complexity index is 780. The van der Waals surface area contributed by atoms with E-state index < -0.39 is 0 Å². The van der Waals surface area contributed by atoms with E-state index in [2.05, 4.69) is 61.9 Å². The molecule has 0 N–H and O–H groups in total. The fourth-order valence-electron chi connectivity index (χ4n) is 2.46. The number of hydrogen-bond donors (Lipinski definition) is 0. The highest BCUT2D eigenvalue weighted by Crippen LogP contribution is 2.29. The van der Waals surface area contributed by atoms with Gasteiger partial charge in [0.05, 0.1) is 0 Å². The number of benzene rings is 1. The molecule has 2 aromatic heterocycles. The third-order valence-corrected chi connectivity index (χ3v) is 3.68. The molecule has 0 saturated carbocycles. The molecule has 3 aromatic rings. The van der Waals surface area contributed by atoms with Crippen LogP contribution in [0.2, 0.25) is 0 Å². The van der Waals surface area contributed by atoms with Crippen LogP contribution in [0.5, 0.6) is 0 Å². The van der Waals surface area contributed by atoms with E-state index in [0.717, 1.165) is 23.4 Å². The highest BCUT2D eigenvalue weighted by Gasteiger charge is 2.27. The van der Waals surface area contributed by atoms with Crippen molar-refractivity contribution in [2.24, 2.45) is 0 Å². The lowest BCUT2D eigenvalue weighted by atomic mass is 9.85. The fourth-order valence-corrected chi connectivity index (χ4v) is 2.46. The molecule has 116 valence electrons. The third-order valence-electron chi connectivity index (χ3n) is 3.68. The van der Waals surface area contributed by atoms with E-state index in [1.54, 1.807) is 0 Å². The Labute approximate surface area is 129 Å². The SMILES string of the molecule is CC(C)(C)c1nc2cc(CC(C)(C)c3ncno3)ccc2o1. The summed E-state index contributed by atoms with van der Waals surface area (Å²) in [5.74, 6) is 1.40. The number of aromatic nitrogens is 3. The molecular weight excluding hydrogens is 278 g/mol. The zero-order valence-corrected chi connectivity index (χ0v) is 13.7. The minimum Gasteiger partial charge on any atom is -0.440 e. The molecule has 0 fully saturated rings. The molecule has 5 nitrogen and oxygen atoms in total. The molecular formula is C17H21N3O2. The fraction of sp³-hybridized carbons (Fsp3) is 0.471. The summed E-state index contributed by atoms with van der Waals surface area (Å²) in [5, 5.41) is 3.70. The van der Waals surface area contributed by atoms with Crippen molar-refractivity contribution in [3.05, 3.63) is 41.9 Å². The first-order chi connectivity index (χ1) is 10.3. The van der Waals surface area contributed by atoms with E-state index in [-0.39, 0.29) is 10.8 Å². The molecule has 0 aliphatic heterocycles. The molecule has 0 atom stereocenters. The summed E-state index contributed by atoms with van der Waals surface area (Å²) >= 11 is 0. The van der Waals surface area contributed by atoms with Gasteiger partial charge in [-0.05, 0) is 24.1 Å². The van der Waals surface area contributed by atoms with E-state index >= 15 is 0 Å². The molecule has 0 spiro atoms. The number of rotatable bonds is 3. The summed E-state index contributed by atoms with van der Waals surface area (Å²) < 4.78 is 11.0. The van der Waals surface area contributed by atoms with Crippen molar-refractivity contribution in [3.63, 3.8) is 0 Å². The maximum absolute atomic E-state index is 5.84. The van der Waals surface area contributed by atoms with E-state index in [1.807, 2.05) is 6.07 Å². The van der Waals surface area contributed by atoms with Gasteiger partial charge in [0.1, 0.15) is 5.52 Å².